The number of piperidine rings is 1. The topological polar surface area (TPSA) is 64.2 Å². The molecule has 2 aromatic rings. The van der Waals surface area contributed by atoms with Crippen molar-refractivity contribution in [2.75, 3.05) is 13.1 Å². The number of hydrogen-bond donors (Lipinski definition) is 0. The summed E-state index contributed by atoms with van der Waals surface area (Å²) in [5.74, 6) is 1.65. The number of likely N-dealkylation sites (tertiary alicyclic amines) is 1. The van der Waals surface area contributed by atoms with Gasteiger partial charge >= 0.3 is 0 Å². The van der Waals surface area contributed by atoms with Gasteiger partial charge < -0.3 is 4.52 Å². The summed E-state index contributed by atoms with van der Waals surface area (Å²) in [4.78, 5) is 19.1. The Hall–Kier alpha value is -1.95. The molecule has 0 spiro atoms. The summed E-state index contributed by atoms with van der Waals surface area (Å²) in [5.41, 5.74) is 4.19. The molecule has 1 fully saturated rings. The fourth-order valence-electron chi connectivity index (χ4n) is 4.03. The van der Waals surface area contributed by atoms with Crippen LogP contribution in [-0.4, -0.2) is 32.7 Å². The van der Waals surface area contributed by atoms with Crippen molar-refractivity contribution in [1.82, 2.24) is 19.6 Å². The number of aromatic nitrogens is 3. The second-order valence-corrected chi connectivity index (χ2v) is 7.52. The van der Waals surface area contributed by atoms with E-state index in [0.717, 1.165) is 74.6 Å². The highest BCUT2D eigenvalue weighted by molar-refractivity contribution is 5.27. The van der Waals surface area contributed by atoms with E-state index in [0.29, 0.717) is 5.92 Å². The van der Waals surface area contributed by atoms with E-state index < -0.39 is 0 Å². The molecule has 0 N–H and O–H groups in total. The summed E-state index contributed by atoms with van der Waals surface area (Å²) < 4.78 is 7.25. The van der Waals surface area contributed by atoms with Gasteiger partial charge in [-0.15, -0.1) is 0 Å². The van der Waals surface area contributed by atoms with E-state index in [9.17, 15) is 4.79 Å². The van der Waals surface area contributed by atoms with E-state index in [4.69, 9.17) is 4.52 Å². The highest BCUT2D eigenvalue weighted by Crippen LogP contribution is 2.27. The summed E-state index contributed by atoms with van der Waals surface area (Å²) in [6.45, 7) is 7.54. The van der Waals surface area contributed by atoms with Crippen LogP contribution in [0.1, 0.15) is 47.5 Å². The first-order chi connectivity index (χ1) is 12.1. The molecule has 1 saturated heterocycles. The quantitative estimate of drug-likeness (QED) is 0.853. The molecular formula is C19H26N4O2. The first kappa shape index (κ1) is 16.5. The van der Waals surface area contributed by atoms with Crippen LogP contribution in [0.4, 0.5) is 0 Å². The minimum absolute atomic E-state index is 0.105. The van der Waals surface area contributed by atoms with Gasteiger partial charge in [0.2, 0.25) is 0 Å². The van der Waals surface area contributed by atoms with Crippen LogP contribution in [0.3, 0.4) is 0 Å². The zero-order valence-electron chi connectivity index (χ0n) is 15.1. The molecule has 3 heterocycles. The first-order valence-corrected chi connectivity index (χ1v) is 9.33. The summed E-state index contributed by atoms with van der Waals surface area (Å²) in [6, 6.07) is 0. The zero-order valence-corrected chi connectivity index (χ0v) is 15.1. The van der Waals surface area contributed by atoms with Gasteiger partial charge in [0.1, 0.15) is 11.5 Å². The van der Waals surface area contributed by atoms with Gasteiger partial charge in [0.15, 0.2) is 0 Å². The molecule has 0 aromatic carbocycles. The second kappa shape index (κ2) is 6.75. The highest BCUT2D eigenvalue weighted by Gasteiger charge is 2.25. The molecular weight excluding hydrogens is 316 g/mol. The van der Waals surface area contributed by atoms with Gasteiger partial charge in [0, 0.05) is 36.3 Å². The molecule has 134 valence electrons. The molecule has 0 bridgehead atoms. The van der Waals surface area contributed by atoms with E-state index in [1.807, 2.05) is 13.8 Å². The second-order valence-electron chi connectivity index (χ2n) is 7.52. The molecule has 0 radical (unpaired) electrons. The smallest absolute Gasteiger partial charge is 0.256 e. The number of aryl methyl sites for hydroxylation is 2. The Balaban J connectivity index is 1.34. The third kappa shape index (κ3) is 3.27. The maximum Gasteiger partial charge on any atom is 0.256 e. The lowest BCUT2D eigenvalue weighted by molar-refractivity contribution is 0.162. The fourth-order valence-corrected chi connectivity index (χ4v) is 4.03. The van der Waals surface area contributed by atoms with Crippen molar-refractivity contribution in [3.63, 3.8) is 0 Å². The van der Waals surface area contributed by atoms with Crippen molar-refractivity contribution in [3.05, 3.63) is 45.0 Å². The Morgan fingerprint density at radius 1 is 1.24 bits per heavy atom. The molecule has 0 atom stereocenters. The monoisotopic (exact) mass is 342 g/mol. The van der Waals surface area contributed by atoms with Crippen molar-refractivity contribution in [1.29, 1.82) is 0 Å². The molecule has 1 aliphatic carbocycles. The van der Waals surface area contributed by atoms with Crippen molar-refractivity contribution in [2.24, 2.45) is 5.92 Å². The normalized spacial score (nSPS) is 18.6. The fraction of sp³-hybridized carbons (Fsp3) is 0.632. The lowest BCUT2D eigenvalue weighted by atomic mass is 9.96. The summed E-state index contributed by atoms with van der Waals surface area (Å²) in [7, 11) is 0. The Labute approximate surface area is 147 Å². The number of fused-ring (bicyclic) bond motifs is 1. The van der Waals surface area contributed by atoms with Crippen LogP contribution in [0.25, 0.3) is 0 Å². The maximum absolute atomic E-state index is 12.3. The van der Waals surface area contributed by atoms with Crippen LogP contribution >= 0.6 is 0 Å². The first-order valence-electron chi connectivity index (χ1n) is 9.33. The van der Waals surface area contributed by atoms with Crippen LogP contribution in [-0.2, 0) is 25.9 Å². The van der Waals surface area contributed by atoms with Gasteiger partial charge in [-0.2, -0.15) is 0 Å². The molecule has 0 amide bonds. The van der Waals surface area contributed by atoms with E-state index in [1.165, 1.54) is 12.0 Å². The molecule has 25 heavy (non-hydrogen) atoms. The Morgan fingerprint density at radius 2 is 2.04 bits per heavy atom. The van der Waals surface area contributed by atoms with Crippen LogP contribution in [0.5, 0.6) is 0 Å². The summed E-state index contributed by atoms with van der Waals surface area (Å²) in [5, 5.41) is 4.28. The molecule has 0 unspecified atom stereocenters. The zero-order chi connectivity index (χ0) is 17.4. The van der Waals surface area contributed by atoms with Crippen molar-refractivity contribution in [2.45, 2.75) is 59.0 Å². The van der Waals surface area contributed by atoms with Crippen LogP contribution in [0.15, 0.2) is 15.6 Å². The van der Waals surface area contributed by atoms with Crippen LogP contribution in [0, 0.1) is 19.8 Å². The van der Waals surface area contributed by atoms with Crippen molar-refractivity contribution < 1.29 is 4.52 Å². The molecule has 1 aliphatic heterocycles. The number of rotatable bonds is 4. The Bertz CT molecular complexity index is 815. The lowest BCUT2D eigenvalue weighted by Gasteiger charge is -2.31. The molecule has 4 rings (SSSR count). The summed E-state index contributed by atoms with van der Waals surface area (Å²) in [6.07, 6.45) is 7.29. The predicted molar refractivity (Wildman–Crippen MR) is 94.5 cm³/mol. The van der Waals surface area contributed by atoms with Gasteiger partial charge in [-0.3, -0.25) is 14.3 Å². The lowest BCUT2D eigenvalue weighted by Crippen LogP contribution is -2.36. The third-order valence-corrected chi connectivity index (χ3v) is 5.83. The average molecular weight is 342 g/mol. The van der Waals surface area contributed by atoms with E-state index in [2.05, 4.69) is 15.0 Å². The minimum atomic E-state index is 0.105. The van der Waals surface area contributed by atoms with E-state index >= 15 is 0 Å². The summed E-state index contributed by atoms with van der Waals surface area (Å²) >= 11 is 0. The standard InChI is InChI=1S/C19H26N4O2/c1-13-14(2)20-12-23(19(13)24)10-15-6-8-22(9-7-15)11-17-16-4-3-5-18(16)25-21-17/h12,15H,3-11H2,1-2H3. The van der Waals surface area contributed by atoms with Crippen LogP contribution in [0.2, 0.25) is 0 Å². The van der Waals surface area contributed by atoms with Gasteiger partial charge in [-0.1, -0.05) is 5.16 Å². The predicted octanol–water partition coefficient (Wildman–Crippen LogP) is 2.25. The van der Waals surface area contributed by atoms with Crippen LogP contribution < -0.4 is 5.56 Å². The largest absolute Gasteiger partial charge is 0.361 e. The van der Waals surface area contributed by atoms with Gasteiger partial charge in [0.05, 0.1) is 6.33 Å². The molecule has 6 nitrogen and oxygen atoms in total. The Morgan fingerprint density at radius 3 is 2.84 bits per heavy atom. The minimum Gasteiger partial charge on any atom is -0.361 e. The SMILES string of the molecule is Cc1ncn(CC2CCN(Cc3noc4c3CCC4)CC2)c(=O)c1C. The van der Waals surface area contributed by atoms with Crippen molar-refractivity contribution >= 4 is 0 Å². The average Bonchev–Trinajstić information content (AvgIpc) is 3.22. The number of nitrogens with zero attached hydrogens (tertiary/aromatic N) is 4. The maximum atomic E-state index is 12.3. The van der Waals surface area contributed by atoms with E-state index in [-0.39, 0.29) is 5.56 Å². The van der Waals surface area contributed by atoms with Gasteiger partial charge in [0.25, 0.3) is 5.56 Å². The number of hydrogen-bond acceptors (Lipinski definition) is 5. The highest BCUT2D eigenvalue weighted by atomic mass is 16.5. The Kier molecular flexibility index (Phi) is 4.46. The van der Waals surface area contributed by atoms with Crippen molar-refractivity contribution in [3.8, 4) is 0 Å². The molecule has 0 saturated carbocycles. The van der Waals surface area contributed by atoms with Gasteiger partial charge in [-0.05, 0) is 58.5 Å². The molecule has 6 heteroatoms. The van der Waals surface area contributed by atoms with Gasteiger partial charge in [-0.25, -0.2) is 4.98 Å². The molecule has 2 aliphatic rings. The molecule has 2 aromatic heterocycles. The van der Waals surface area contributed by atoms with E-state index in [1.54, 1.807) is 10.9 Å². The third-order valence-electron chi connectivity index (χ3n) is 5.83.